The van der Waals surface area contributed by atoms with E-state index in [2.05, 4.69) is 56.1 Å². The van der Waals surface area contributed by atoms with E-state index in [0.717, 1.165) is 19.2 Å². The van der Waals surface area contributed by atoms with E-state index >= 15 is 0 Å². The molecule has 1 saturated carbocycles. The standard InChI is InChI=1S/C15H13N9O2.C9H3N5O2/c25-14-10-6-13-11(15(26)24(21-19-13)9-1-2-9)5-12(10)16-8-22(14)3-4-23-18-7-17-20-23;15-8-4-2-7-5(9(16)13-14-12-7)1-6(4)10-3-11-8/h5-9H,1-4H2;1-3H. The molecule has 0 unspecified atom stereocenters. The molecule has 2 amide bonds. The van der Waals surface area contributed by atoms with Crippen LogP contribution in [0, 0.1) is 0 Å². The van der Waals surface area contributed by atoms with Crippen molar-refractivity contribution >= 4 is 40.0 Å². The molecule has 0 N–H and O–H groups in total. The summed E-state index contributed by atoms with van der Waals surface area (Å²) < 4.78 is 2.89. The molecule has 18 nitrogen and oxygen atoms in total. The quantitative estimate of drug-likeness (QED) is 0.246. The molecule has 18 heteroatoms. The normalized spacial score (nSPS) is 15.0. The van der Waals surface area contributed by atoms with Crippen LogP contribution in [-0.2, 0) is 13.1 Å². The van der Waals surface area contributed by atoms with Crippen LogP contribution >= 0.6 is 0 Å². The number of nitrogens with zero attached hydrogens (tertiary/aromatic N) is 14. The molecule has 2 aromatic carbocycles. The first kappa shape index (κ1) is 24.9. The molecule has 206 valence electrons. The summed E-state index contributed by atoms with van der Waals surface area (Å²) in [6, 6.07) is 6.25. The monoisotopic (exact) mass is 564 g/mol. The highest BCUT2D eigenvalue weighted by molar-refractivity contribution is 6.02. The Hall–Kier alpha value is -6.07. The summed E-state index contributed by atoms with van der Waals surface area (Å²) >= 11 is 0. The molecule has 8 rings (SSSR count). The number of aromatic nitrogens is 9. The van der Waals surface area contributed by atoms with Gasteiger partial charge in [0.1, 0.15) is 17.2 Å². The molecule has 42 heavy (non-hydrogen) atoms. The second-order valence-corrected chi connectivity index (χ2v) is 9.39. The molecular formula is C24H16N14O4. The van der Waals surface area contributed by atoms with E-state index < -0.39 is 11.8 Å². The molecule has 5 aromatic rings. The van der Waals surface area contributed by atoms with Crippen LogP contribution in [0.4, 0.5) is 0 Å². The summed E-state index contributed by atoms with van der Waals surface area (Å²) in [4.78, 5) is 61.2. The van der Waals surface area contributed by atoms with Crippen molar-refractivity contribution in [1.29, 1.82) is 0 Å². The van der Waals surface area contributed by atoms with Crippen LogP contribution in [0.1, 0.15) is 39.6 Å². The number of carbonyl (C=O) groups excluding carboxylic acids is 2. The molecule has 0 saturated heterocycles. The van der Waals surface area contributed by atoms with Gasteiger partial charge in [0.2, 0.25) is 0 Å². The third-order valence-electron chi connectivity index (χ3n) is 6.69. The van der Waals surface area contributed by atoms with E-state index in [1.807, 2.05) is 0 Å². The van der Waals surface area contributed by atoms with Crippen LogP contribution in [0.3, 0.4) is 0 Å². The first-order valence-electron chi connectivity index (χ1n) is 12.6. The molecule has 1 aliphatic carbocycles. The summed E-state index contributed by atoms with van der Waals surface area (Å²) in [5, 5.41) is 31.2. The maximum Gasteiger partial charge on any atom is 0.299 e. The van der Waals surface area contributed by atoms with Crippen LogP contribution in [0.25, 0.3) is 21.8 Å². The molecule has 5 heterocycles. The van der Waals surface area contributed by atoms with Gasteiger partial charge in [-0.25, -0.2) is 14.7 Å². The van der Waals surface area contributed by atoms with Gasteiger partial charge in [0.05, 0.1) is 51.7 Å². The number of carbonyl (C=O) groups is 2. The molecule has 2 aliphatic heterocycles. The molecule has 0 radical (unpaired) electrons. The minimum Gasteiger partial charge on any atom is -0.297 e. The fourth-order valence-corrected chi connectivity index (χ4v) is 4.40. The summed E-state index contributed by atoms with van der Waals surface area (Å²) in [6.07, 6.45) is 5.83. The number of aliphatic imine (C=N–C) groups is 1. The number of hydrogen-bond donors (Lipinski definition) is 0. The van der Waals surface area contributed by atoms with Gasteiger partial charge in [0.25, 0.3) is 22.9 Å². The summed E-state index contributed by atoms with van der Waals surface area (Å²) in [7, 11) is 0. The predicted octanol–water partition coefficient (Wildman–Crippen LogP) is -0.848. The molecule has 1 fully saturated rings. The first-order chi connectivity index (χ1) is 20.5. The van der Waals surface area contributed by atoms with E-state index in [4.69, 9.17) is 0 Å². The Bertz CT molecular complexity index is 2190. The molecule has 0 spiro atoms. The first-order valence-corrected chi connectivity index (χ1v) is 12.6. The van der Waals surface area contributed by atoms with Gasteiger partial charge in [-0.05, 0) is 47.5 Å². The zero-order valence-corrected chi connectivity index (χ0v) is 21.3. The largest absolute Gasteiger partial charge is 0.299 e. The minimum absolute atomic E-state index is 0.140. The number of benzene rings is 2. The molecule has 3 aliphatic rings. The van der Waals surface area contributed by atoms with Crippen molar-refractivity contribution < 1.29 is 9.59 Å². The highest BCUT2D eigenvalue weighted by atomic mass is 16.2. The van der Waals surface area contributed by atoms with E-state index in [-0.39, 0.29) is 17.2 Å². The van der Waals surface area contributed by atoms with Crippen molar-refractivity contribution in [2.45, 2.75) is 32.0 Å². The van der Waals surface area contributed by atoms with Gasteiger partial charge >= 0.3 is 0 Å². The highest BCUT2D eigenvalue weighted by Crippen LogP contribution is 2.32. The van der Waals surface area contributed by atoms with Gasteiger partial charge < -0.3 is 0 Å². The number of aryl methyl sites for hydroxylation is 2. The molecule has 0 bridgehead atoms. The number of hydrogen-bond acceptors (Lipinski definition) is 13. The Balaban J connectivity index is 0.000000154. The Morgan fingerprint density at radius 1 is 0.833 bits per heavy atom. The fourth-order valence-electron chi connectivity index (χ4n) is 4.40. The highest BCUT2D eigenvalue weighted by Gasteiger charge is 2.27. The summed E-state index contributed by atoms with van der Waals surface area (Å²) in [5.41, 5.74) is 1.06. The van der Waals surface area contributed by atoms with Gasteiger partial charge in [-0.2, -0.15) is 9.79 Å². The van der Waals surface area contributed by atoms with Crippen molar-refractivity contribution in [3.63, 3.8) is 0 Å². The predicted molar refractivity (Wildman–Crippen MR) is 140 cm³/mol. The van der Waals surface area contributed by atoms with Gasteiger partial charge in [-0.15, -0.1) is 20.4 Å². The van der Waals surface area contributed by atoms with E-state index in [0.29, 0.717) is 56.7 Å². The lowest BCUT2D eigenvalue weighted by atomic mass is 10.1. The lowest BCUT2D eigenvalue weighted by Gasteiger charge is -2.07. The lowest BCUT2D eigenvalue weighted by molar-refractivity contribution is 0.0980. The van der Waals surface area contributed by atoms with Crippen molar-refractivity contribution in [3.05, 3.63) is 79.5 Å². The topological polar surface area (TPSA) is 222 Å². The number of tetrazole rings is 1. The summed E-state index contributed by atoms with van der Waals surface area (Å²) in [5.74, 6) is -0.893. The Kier molecular flexibility index (Phi) is 5.84. The van der Waals surface area contributed by atoms with Crippen LogP contribution in [0.5, 0.6) is 0 Å². The Morgan fingerprint density at radius 2 is 1.62 bits per heavy atom. The zero-order chi connectivity index (χ0) is 28.8. The SMILES string of the molecule is O=C1N=CN=c2cc3c(cc21)=NN=NC3=O.O=c1c2cc3nnn(C4CC4)c(=O)c3cc2ncn1CCn1ncnn1. The van der Waals surface area contributed by atoms with Crippen molar-refractivity contribution in [3.8, 4) is 0 Å². The smallest absolute Gasteiger partial charge is 0.297 e. The third-order valence-corrected chi connectivity index (χ3v) is 6.69. The fraction of sp³-hybridized carbons (Fsp3) is 0.208. The number of rotatable bonds is 4. The van der Waals surface area contributed by atoms with Gasteiger partial charge in [-0.3, -0.25) is 23.7 Å². The maximum atomic E-state index is 12.7. The Labute approximate surface area is 231 Å². The number of amides is 2. The van der Waals surface area contributed by atoms with Crippen LogP contribution < -0.4 is 21.8 Å². The van der Waals surface area contributed by atoms with E-state index in [1.165, 1.54) is 38.8 Å². The van der Waals surface area contributed by atoms with Crippen LogP contribution in [0.15, 0.2) is 71.9 Å². The van der Waals surface area contributed by atoms with Crippen LogP contribution in [0.2, 0.25) is 0 Å². The molecule has 0 atom stereocenters. The molecule has 3 aromatic heterocycles. The average Bonchev–Trinajstić information content (AvgIpc) is 3.70. The van der Waals surface area contributed by atoms with Gasteiger partial charge in [0.15, 0.2) is 6.33 Å². The van der Waals surface area contributed by atoms with E-state index in [1.54, 1.807) is 12.1 Å². The second-order valence-electron chi connectivity index (χ2n) is 9.39. The number of fused-ring (bicyclic) bond motifs is 4. The summed E-state index contributed by atoms with van der Waals surface area (Å²) in [6.45, 7) is 0.748. The average molecular weight is 564 g/mol. The minimum atomic E-state index is -0.488. The van der Waals surface area contributed by atoms with Crippen molar-refractivity contribution in [2.24, 2.45) is 25.4 Å². The van der Waals surface area contributed by atoms with Crippen molar-refractivity contribution in [2.75, 3.05) is 0 Å². The van der Waals surface area contributed by atoms with Gasteiger partial charge in [-0.1, -0.05) is 10.3 Å². The zero-order valence-electron chi connectivity index (χ0n) is 21.3. The van der Waals surface area contributed by atoms with Crippen molar-refractivity contribution in [1.82, 2.24) is 44.8 Å². The lowest BCUT2D eigenvalue weighted by Crippen LogP contribution is -2.27. The van der Waals surface area contributed by atoms with Crippen LogP contribution in [-0.4, -0.2) is 62.9 Å². The second kappa shape index (κ2) is 9.84. The molecular weight excluding hydrogens is 548 g/mol. The Morgan fingerprint density at radius 3 is 2.43 bits per heavy atom. The van der Waals surface area contributed by atoms with E-state index in [9.17, 15) is 19.2 Å². The maximum absolute atomic E-state index is 12.7. The third kappa shape index (κ3) is 4.45. The van der Waals surface area contributed by atoms with Gasteiger partial charge in [0, 0.05) is 6.54 Å².